The van der Waals surface area contributed by atoms with Crippen LogP contribution in [-0.4, -0.2) is 59.1 Å². The van der Waals surface area contributed by atoms with Crippen LogP contribution in [0.3, 0.4) is 0 Å². The molecule has 0 radical (unpaired) electrons. The van der Waals surface area contributed by atoms with Gasteiger partial charge in [0, 0.05) is 38.6 Å². The highest BCUT2D eigenvalue weighted by Gasteiger charge is 2.26. The van der Waals surface area contributed by atoms with E-state index in [0.717, 1.165) is 69.9 Å². The minimum absolute atomic E-state index is 0.392. The fourth-order valence-corrected chi connectivity index (χ4v) is 4.06. The number of anilines is 1. The Morgan fingerprint density at radius 3 is 2.81 bits per heavy atom. The first kappa shape index (κ1) is 16.1. The summed E-state index contributed by atoms with van der Waals surface area (Å²) in [4.78, 5) is 9.49. The van der Waals surface area contributed by atoms with E-state index in [9.17, 15) is 0 Å². The lowest BCUT2D eigenvalue weighted by Crippen LogP contribution is -2.47. The topological polar surface area (TPSA) is 55.7 Å². The maximum absolute atomic E-state index is 5.74. The molecule has 138 valence electrons. The van der Waals surface area contributed by atoms with Gasteiger partial charge >= 0.3 is 0 Å². The standard InChI is InChI=1S/C19H25N5O2/c1-14(16-3-2-15-4-10-26-17(15)12-16)22-5-7-23(8-6-22)19-20-18-13-25-11-9-24(18)21-19/h2-3,12,14H,4-11,13H2,1H3/t14-/m0/s1. The van der Waals surface area contributed by atoms with Gasteiger partial charge in [-0.25, -0.2) is 4.68 Å². The van der Waals surface area contributed by atoms with Crippen LogP contribution >= 0.6 is 0 Å². The fourth-order valence-electron chi connectivity index (χ4n) is 4.06. The van der Waals surface area contributed by atoms with E-state index in [0.29, 0.717) is 12.6 Å². The molecule has 2 aromatic rings. The van der Waals surface area contributed by atoms with E-state index in [1.807, 2.05) is 4.68 Å². The van der Waals surface area contributed by atoms with Gasteiger partial charge in [-0.15, -0.1) is 5.10 Å². The minimum Gasteiger partial charge on any atom is -0.493 e. The first-order chi connectivity index (χ1) is 12.8. The van der Waals surface area contributed by atoms with Crippen molar-refractivity contribution < 1.29 is 9.47 Å². The van der Waals surface area contributed by atoms with Crippen LogP contribution < -0.4 is 9.64 Å². The zero-order chi connectivity index (χ0) is 17.5. The normalized spacial score (nSPS) is 21.2. The number of rotatable bonds is 3. The average molecular weight is 355 g/mol. The molecular formula is C19H25N5O2. The van der Waals surface area contributed by atoms with E-state index in [4.69, 9.17) is 9.47 Å². The molecule has 4 heterocycles. The van der Waals surface area contributed by atoms with Crippen LogP contribution in [0, 0.1) is 0 Å². The van der Waals surface area contributed by atoms with E-state index in [-0.39, 0.29) is 0 Å². The van der Waals surface area contributed by atoms with Gasteiger partial charge < -0.3 is 14.4 Å². The predicted molar refractivity (Wildman–Crippen MR) is 97.5 cm³/mol. The highest BCUT2D eigenvalue weighted by molar-refractivity contribution is 5.41. The second kappa shape index (κ2) is 6.55. The third-order valence-electron chi connectivity index (χ3n) is 5.76. The second-order valence-electron chi connectivity index (χ2n) is 7.27. The van der Waals surface area contributed by atoms with E-state index in [1.165, 1.54) is 11.1 Å². The summed E-state index contributed by atoms with van der Waals surface area (Å²) in [7, 11) is 0. The summed E-state index contributed by atoms with van der Waals surface area (Å²) < 4.78 is 13.2. The molecule has 1 aromatic heterocycles. The lowest BCUT2D eigenvalue weighted by Gasteiger charge is -2.37. The molecule has 3 aliphatic heterocycles. The Balaban J connectivity index is 1.24. The van der Waals surface area contributed by atoms with Gasteiger partial charge in [-0.05, 0) is 24.1 Å². The lowest BCUT2D eigenvalue weighted by molar-refractivity contribution is 0.0769. The first-order valence-electron chi connectivity index (χ1n) is 9.54. The van der Waals surface area contributed by atoms with Crippen LogP contribution in [0.4, 0.5) is 5.95 Å². The molecular weight excluding hydrogens is 330 g/mol. The Morgan fingerprint density at radius 1 is 1.08 bits per heavy atom. The van der Waals surface area contributed by atoms with Crippen molar-refractivity contribution in [1.82, 2.24) is 19.7 Å². The highest BCUT2D eigenvalue weighted by Crippen LogP contribution is 2.31. The van der Waals surface area contributed by atoms with Crippen molar-refractivity contribution in [1.29, 1.82) is 0 Å². The zero-order valence-electron chi connectivity index (χ0n) is 15.2. The van der Waals surface area contributed by atoms with Crippen molar-refractivity contribution in [2.45, 2.75) is 32.5 Å². The van der Waals surface area contributed by atoms with Crippen LogP contribution in [0.5, 0.6) is 5.75 Å². The van der Waals surface area contributed by atoms with Gasteiger partial charge in [0.2, 0.25) is 5.95 Å². The Kier molecular flexibility index (Phi) is 4.05. The van der Waals surface area contributed by atoms with Crippen molar-refractivity contribution in [2.75, 3.05) is 44.3 Å². The molecule has 26 heavy (non-hydrogen) atoms. The number of benzene rings is 1. The average Bonchev–Trinajstić information content (AvgIpc) is 3.33. The molecule has 0 unspecified atom stereocenters. The van der Waals surface area contributed by atoms with Crippen LogP contribution in [0.15, 0.2) is 18.2 Å². The van der Waals surface area contributed by atoms with E-state index >= 15 is 0 Å². The Bertz CT molecular complexity index is 774. The molecule has 7 heteroatoms. The smallest absolute Gasteiger partial charge is 0.245 e. The molecule has 1 saturated heterocycles. The summed E-state index contributed by atoms with van der Waals surface area (Å²) in [6, 6.07) is 7.11. The van der Waals surface area contributed by atoms with Crippen molar-refractivity contribution in [3.05, 3.63) is 35.2 Å². The van der Waals surface area contributed by atoms with Crippen molar-refractivity contribution in [3.8, 4) is 5.75 Å². The van der Waals surface area contributed by atoms with Crippen LogP contribution in [0.25, 0.3) is 0 Å². The van der Waals surface area contributed by atoms with Crippen LogP contribution in [-0.2, 0) is 24.3 Å². The van der Waals surface area contributed by atoms with Gasteiger partial charge in [-0.1, -0.05) is 12.1 Å². The molecule has 1 aromatic carbocycles. The molecule has 1 fully saturated rings. The molecule has 0 amide bonds. The number of hydrogen-bond donors (Lipinski definition) is 0. The van der Waals surface area contributed by atoms with E-state index in [2.05, 4.69) is 45.0 Å². The number of aromatic nitrogens is 3. The highest BCUT2D eigenvalue weighted by atomic mass is 16.5. The van der Waals surface area contributed by atoms with Gasteiger partial charge in [0.05, 0.1) is 19.8 Å². The molecule has 0 aliphatic carbocycles. The SMILES string of the molecule is C[C@@H](c1ccc2c(c1)OCC2)N1CCN(c2nc3n(n2)CCOC3)CC1. The van der Waals surface area contributed by atoms with Crippen LogP contribution in [0.2, 0.25) is 0 Å². The molecule has 1 atom stereocenters. The van der Waals surface area contributed by atoms with E-state index in [1.54, 1.807) is 0 Å². The number of piperazine rings is 1. The Morgan fingerprint density at radius 2 is 1.96 bits per heavy atom. The van der Waals surface area contributed by atoms with Gasteiger partial charge in [0.15, 0.2) is 5.82 Å². The van der Waals surface area contributed by atoms with Gasteiger partial charge in [0.1, 0.15) is 12.4 Å². The van der Waals surface area contributed by atoms with Crippen LogP contribution in [0.1, 0.15) is 29.9 Å². The summed E-state index contributed by atoms with van der Waals surface area (Å²) in [6.07, 6.45) is 1.04. The first-order valence-corrected chi connectivity index (χ1v) is 9.54. The molecule has 3 aliphatic rings. The summed E-state index contributed by atoms with van der Waals surface area (Å²) in [6.45, 7) is 9.15. The molecule has 0 N–H and O–H groups in total. The van der Waals surface area contributed by atoms with Crippen molar-refractivity contribution in [2.24, 2.45) is 0 Å². The lowest BCUT2D eigenvalue weighted by atomic mass is 10.0. The fraction of sp³-hybridized carbons (Fsp3) is 0.579. The Labute approximate surface area is 153 Å². The second-order valence-corrected chi connectivity index (χ2v) is 7.27. The number of fused-ring (bicyclic) bond motifs is 2. The quantitative estimate of drug-likeness (QED) is 0.834. The van der Waals surface area contributed by atoms with Gasteiger partial charge in [-0.3, -0.25) is 4.90 Å². The maximum Gasteiger partial charge on any atom is 0.245 e. The molecule has 5 rings (SSSR count). The summed E-state index contributed by atoms with van der Waals surface area (Å²) >= 11 is 0. The molecule has 0 saturated carbocycles. The number of hydrogen-bond acceptors (Lipinski definition) is 6. The Hall–Kier alpha value is -2.12. The predicted octanol–water partition coefficient (Wildman–Crippen LogP) is 1.63. The number of nitrogens with zero attached hydrogens (tertiary/aromatic N) is 5. The van der Waals surface area contributed by atoms with Crippen molar-refractivity contribution in [3.63, 3.8) is 0 Å². The van der Waals surface area contributed by atoms with Gasteiger partial charge in [0.25, 0.3) is 0 Å². The minimum atomic E-state index is 0.392. The summed E-state index contributed by atoms with van der Waals surface area (Å²) in [5, 5.41) is 4.66. The zero-order valence-corrected chi connectivity index (χ0v) is 15.2. The maximum atomic E-state index is 5.74. The number of ether oxygens (including phenoxy) is 2. The largest absolute Gasteiger partial charge is 0.493 e. The molecule has 0 bridgehead atoms. The monoisotopic (exact) mass is 355 g/mol. The van der Waals surface area contributed by atoms with Gasteiger partial charge in [-0.2, -0.15) is 4.98 Å². The van der Waals surface area contributed by atoms with Crippen molar-refractivity contribution >= 4 is 5.95 Å². The summed E-state index contributed by atoms with van der Waals surface area (Å²) in [5.74, 6) is 2.87. The van der Waals surface area contributed by atoms with E-state index < -0.39 is 0 Å². The summed E-state index contributed by atoms with van der Waals surface area (Å²) in [5.41, 5.74) is 2.68. The molecule has 0 spiro atoms. The molecule has 7 nitrogen and oxygen atoms in total. The third kappa shape index (κ3) is 2.85. The third-order valence-corrected chi connectivity index (χ3v) is 5.76.